The van der Waals surface area contributed by atoms with Crippen molar-refractivity contribution in [2.24, 2.45) is 0 Å². The molecule has 0 atom stereocenters. The highest BCUT2D eigenvalue weighted by Gasteiger charge is 2.26. The average molecular weight is 378 g/mol. The molecule has 2 N–H and O–H groups in total. The van der Waals surface area contributed by atoms with E-state index >= 15 is 0 Å². The van der Waals surface area contributed by atoms with Gasteiger partial charge in [-0.2, -0.15) is 0 Å². The lowest BCUT2D eigenvalue weighted by Crippen LogP contribution is -2.15. The topological polar surface area (TPSA) is 113 Å². The van der Waals surface area contributed by atoms with E-state index in [0.29, 0.717) is 11.4 Å². The van der Waals surface area contributed by atoms with Crippen LogP contribution in [0.25, 0.3) is 0 Å². The van der Waals surface area contributed by atoms with Gasteiger partial charge in [-0.05, 0) is 36.4 Å². The van der Waals surface area contributed by atoms with Crippen molar-refractivity contribution in [2.45, 2.75) is 6.92 Å². The van der Waals surface area contributed by atoms with E-state index in [1.54, 1.807) is 36.2 Å². The number of anilines is 5. The fourth-order valence-corrected chi connectivity index (χ4v) is 2.63. The Morgan fingerprint density at radius 2 is 1.68 bits per heavy atom. The minimum Gasteiger partial charge on any atom is -0.334 e. The highest BCUT2D eigenvalue weighted by atomic mass is 16.6. The van der Waals surface area contributed by atoms with E-state index in [1.807, 2.05) is 30.3 Å². The van der Waals surface area contributed by atoms with Gasteiger partial charge in [0, 0.05) is 31.0 Å². The van der Waals surface area contributed by atoms with Gasteiger partial charge in [-0.1, -0.05) is 18.2 Å². The molecule has 9 heteroatoms. The summed E-state index contributed by atoms with van der Waals surface area (Å²) in [7, 11) is 1.71. The van der Waals surface area contributed by atoms with Crippen LogP contribution in [0.2, 0.25) is 0 Å². The van der Waals surface area contributed by atoms with E-state index in [0.717, 1.165) is 5.69 Å². The molecule has 3 aromatic rings. The summed E-state index contributed by atoms with van der Waals surface area (Å²) in [6.45, 7) is 1.42. The first-order valence-electron chi connectivity index (χ1n) is 8.38. The van der Waals surface area contributed by atoms with Crippen molar-refractivity contribution in [3.8, 4) is 0 Å². The zero-order chi connectivity index (χ0) is 20.1. The SMILES string of the molecule is CC(=O)Nc1ccc(Nc2ncnc(N(C)c3ccccc3)c2[N+](=O)[O-])cc1. The molecule has 2 aromatic carbocycles. The van der Waals surface area contributed by atoms with Crippen LogP contribution in [0.15, 0.2) is 60.9 Å². The predicted molar refractivity (Wildman–Crippen MR) is 107 cm³/mol. The summed E-state index contributed by atoms with van der Waals surface area (Å²) >= 11 is 0. The molecule has 0 aliphatic heterocycles. The highest BCUT2D eigenvalue weighted by molar-refractivity contribution is 5.89. The molecule has 0 fully saturated rings. The Morgan fingerprint density at radius 3 is 2.29 bits per heavy atom. The molecule has 1 amide bonds. The number of hydrogen-bond acceptors (Lipinski definition) is 7. The Kier molecular flexibility index (Phi) is 5.45. The summed E-state index contributed by atoms with van der Waals surface area (Å²) < 4.78 is 0. The molecule has 1 heterocycles. The Bertz CT molecular complexity index is 992. The molecule has 3 rings (SSSR count). The summed E-state index contributed by atoms with van der Waals surface area (Å²) in [4.78, 5) is 32.1. The third kappa shape index (κ3) is 4.21. The van der Waals surface area contributed by atoms with Crippen LogP contribution in [0.4, 0.5) is 34.4 Å². The average Bonchev–Trinajstić information content (AvgIpc) is 2.69. The molecule has 0 saturated heterocycles. The number of para-hydroxylation sites is 1. The molecule has 142 valence electrons. The van der Waals surface area contributed by atoms with Gasteiger partial charge in [-0.3, -0.25) is 14.9 Å². The van der Waals surface area contributed by atoms with Crippen LogP contribution in [0, 0.1) is 10.1 Å². The van der Waals surface area contributed by atoms with Crippen molar-refractivity contribution in [1.29, 1.82) is 0 Å². The van der Waals surface area contributed by atoms with E-state index in [1.165, 1.54) is 13.3 Å². The molecule has 0 saturated carbocycles. The molecule has 28 heavy (non-hydrogen) atoms. The fourth-order valence-electron chi connectivity index (χ4n) is 2.63. The highest BCUT2D eigenvalue weighted by Crippen LogP contribution is 2.36. The third-order valence-corrected chi connectivity index (χ3v) is 3.91. The maximum Gasteiger partial charge on any atom is 0.354 e. The van der Waals surface area contributed by atoms with Crippen molar-refractivity contribution in [3.05, 3.63) is 71.0 Å². The quantitative estimate of drug-likeness (QED) is 0.494. The van der Waals surface area contributed by atoms with Gasteiger partial charge in [0.25, 0.3) is 0 Å². The van der Waals surface area contributed by atoms with Crippen molar-refractivity contribution in [3.63, 3.8) is 0 Å². The van der Waals surface area contributed by atoms with E-state index in [2.05, 4.69) is 20.6 Å². The van der Waals surface area contributed by atoms with Gasteiger partial charge < -0.3 is 15.5 Å². The maximum atomic E-state index is 11.8. The second-order valence-corrected chi connectivity index (χ2v) is 5.93. The Balaban J connectivity index is 1.93. The molecular formula is C19H18N6O3. The lowest BCUT2D eigenvalue weighted by atomic mass is 10.2. The van der Waals surface area contributed by atoms with Crippen LogP contribution in [0.3, 0.4) is 0 Å². The summed E-state index contributed by atoms with van der Waals surface area (Å²) in [5, 5.41) is 17.4. The van der Waals surface area contributed by atoms with Crippen LogP contribution >= 0.6 is 0 Å². The van der Waals surface area contributed by atoms with Gasteiger partial charge in [-0.25, -0.2) is 9.97 Å². The number of amides is 1. The molecule has 0 bridgehead atoms. The zero-order valence-corrected chi connectivity index (χ0v) is 15.3. The van der Waals surface area contributed by atoms with Gasteiger partial charge in [0.1, 0.15) is 6.33 Å². The first-order chi connectivity index (χ1) is 13.5. The first-order valence-corrected chi connectivity index (χ1v) is 8.38. The van der Waals surface area contributed by atoms with E-state index in [9.17, 15) is 14.9 Å². The smallest absolute Gasteiger partial charge is 0.334 e. The van der Waals surface area contributed by atoms with Gasteiger partial charge in [0.2, 0.25) is 17.5 Å². The van der Waals surface area contributed by atoms with E-state index in [4.69, 9.17) is 0 Å². The summed E-state index contributed by atoms with van der Waals surface area (Å²) in [5.74, 6) is 0.0642. The molecule has 0 radical (unpaired) electrons. The molecule has 0 spiro atoms. The number of benzene rings is 2. The standard InChI is InChI=1S/C19H18N6O3/c1-13(26)22-14-8-10-15(11-9-14)23-18-17(25(27)28)19(21-12-20-18)24(2)16-6-4-3-5-7-16/h3-12H,1-2H3,(H,22,26)(H,20,21,23). The monoisotopic (exact) mass is 378 g/mol. The summed E-state index contributed by atoms with van der Waals surface area (Å²) in [6, 6.07) is 16.0. The summed E-state index contributed by atoms with van der Waals surface area (Å²) in [5.41, 5.74) is 1.73. The minimum absolute atomic E-state index is 0.0741. The zero-order valence-electron chi connectivity index (χ0n) is 15.3. The van der Waals surface area contributed by atoms with Crippen LogP contribution in [0.5, 0.6) is 0 Å². The van der Waals surface area contributed by atoms with Crippen molar-refractivity contribution in [1.82, 2.24) is 9.97 Å². The van der Waals surface area contributed by atoms with E-state index < -0.39 is 4.92 Å². The normalized spacial score (nSPS) is 10.2. The van der Waals surface area contributed by atoms with Gasteiger partial charge >= 0.3 is 5.69 Å². The lowest BCUT2D eigenvalue weighted by molar-refractivity contribution is -0.383. The number of carbonyl (C=O) groups excluding carboxylic acids is 1. The van der Waals surface area contributed by atoms with Crippen molar-refractivity contribution in [2.75, 3.05) is 22.6 Å². The van der Waals surface area contributed by atoms with Gasteiger partial charge in [0.05, 0.1) is 4.92 Å². The number of rotatable bonds is 6. The first kappa shape index (κ1) is 18.8. The third-order valence-electron chi connectivity index (χ3n) is 3.91. The number of nitro groups is 1. The van der Waals surface area contributed by atoms with Crippen LogP contribution in [0.1, 0.15) is 6.92 Å². The second-order valence-electron chi connectivity index (χ2n) is 5.93. The molecule has 0 aliphatic rings. The Hall–Kier alpha value is -4.01. The number of nitrogens with zero attached hydrogens (tertiary/aromatic N) is 4. The molecule has 0 aliphatic carbocycles. The van der Waals surface area contributed by atoms with Crippen LogP contribution in [-0.2, 0) is 4.79 Å². The van der Waals surface area contributed by atoms with Crippen LogP contribution < -0.4 is 15.5 Å². The minimum atomic E-state index is -0.511. The summed E-state index contributed by atoms with van der Waals surface area (Å²) in [6.07, 6.45) is 1.27. The van der Waals surface area contributed by atoms with Gasteiger partial charge in [0.15, 0.2) is 0 Å². The number of nitrogens with one attached hydrogen (secondary N) is 2. The lowest BCUT2D eigenvalue weighted by Gasteiger charge is -2.18. The molecular weight excluding hydrogens is 360 g/mol. The Morgan fingerprint density at radius 1 is 1.04 bits per heavy atom. The van der Waals surface area contributed by atoms with Crippen molar-refractivity contribution < 1.29 is 9.72 Å². The van der Waals surface area contributed by atoms with Gasteiger partial charge in [-0.15, -0.1) is 0 Å². The predicted octanol–water partition coefficient (Wildman–Crippen LogP) is 3.85. The molecule has 0 unspecified atom stereocenters. The number of carbonyl (C=O) groups is 1. The number of hydrogen-bond donors (Lipinski definition) is 2. The maximum absolute atomic E-state index is 11.8. The fraction of sp³-hybridized carbons (Fsp3) is 0.105. The number of aromatic nitrogens is 2. The molecule has 9 nitrogen and oxygen atoms in total. The Labute approximate surface area is 161 Å². The van der Waals surface area contributed by atoms with Crippen LogP contribution in [-0.4, -0.2) is 27.8 Å². The van der Waals surface area contributed by atoms with E-state index in [-0.39, 0.29) is 23.2 Å². The second kappa shape index (κ2) is 8.12. The molecule has 1 aromatic heterocycles. The van der Waals surface area contributed by atoms with Crippen molar-refractivity contribution >= 4 is 40.3 Å². The largest absolute Gasteiger partial charge is 0.354 e.